The number of hydrogen-bond donors (Lipinski definition) is 1. The molecule has 1 aromatic rings. The Morgan fingerprint density at radius 3 is 2.21 bits per heavy atom. The zero-order valence-corrected chi connectivity index (χ0v) is 11.2. The summed E-state index contributed by atoms with van der Waals surface area (Å²) in [6.45, 7) is 1.91. The molecule has 1 aromatic carbocycles. The van der Waals surface area contributed by atoms with Gasteiger partial charge in [-0.3, -0.25) is 4.90 Å². The summed E-state index contributed by atoms with van der Waals surface area (Å²) in [5, 5.41) is 0. The van der Waals surface area contributed by atoms with Gasteiger partial charge in [0, 0.05) is 29.7 Å². The third-order valence-electron chi connectivity index (χ3n) is 4.69. The van der Waals surface area contributed by atoms with Crippen molar-refractivity contribution in [2.75, 3.05) is 0 Å². The van der Waals surface area contributed by atoms with Crippen LogP contribution in [0.2, 0.25) is 0 Å². The summed E-state index contributed by atoms with van der Waals surface area (Å²) in [5.74, 6) is -0.886. The molecule has 2 heterocycles. The molecule has 0 aromatic heterocycles. The van der Waals surface area contributed by atoms with Gasteiger partial charge in [-0.2, -0.15) is 0 Å². The van der Waals surface area contributed by atoms with Crippen LogP contribution in [-0.4, -0.2) is 23.0 Å². The molecule has 2 N–H and O–H groups in total. The lowest BCUT2D eigenvalue weighted by Crippen LogP contribution is -2.48. The summed E-state index contributed by atoms with van der Waals surface area (Å²) >= 11 is 0. The molecule has 0 radical (unpaired) electrons. The van der Waals surface area contributed by atoms with Gasteiger partial charge in [0.2, 0.25) is 0 Å². The van der Waals surface area contributed by atoms with E-state index >= 15 is 0 Å². The normalized spacial score (nSPS) is 32.5. The van der Waals surface area contributed by atoms with Gasteiger partial charge in [0.15, 0.2) is 0 Å². The maximum Gasteiger partial charge on any atom is 0.130 e. The predicted molar refractivity (Wildman–Crippen MR) is 70.6 cm³/mol. The van der Waals surface area contributed by atoms with Crippen molar-refractivity contribution in [1.82, 2.24) is 4.90 Å². The van der Waals surface area contributed by atoms with E-state index in [1.165, 1.54) is 18.2 Å². The van der Waals surface area contributed by atoms with E-state index in [4.69, 9.17) is 5.73 Å². The Morgan fingerprint density at radius 1 is 1.16 bits per heavy atom. The van der Waals surface area contributed by atoms with Crippen LogP contribution in [0.5, 0.6) is 0 Å². The van der Waals surface area contributed by atoms with Gasteiger partial charge in [0.05, 0.1) is 0 Å². The lowest BCUT2D eigenvalue weighted by molar-refractivity contribution is 0.0818. The van der Waals surface area contributed by atoms with Crippen molar-refractivity contribution < 1.29 is 8.78 Å². The van der Waals surface area contributed by atoms with E-state index in [0.717, 1.165) is 25.7 Å². The van der Waals surface area contributed by atoms with E-state index in [2.05, 4.69) is 4.90 Å². The highest BCUT2D eigenvalue weighted by Crippen LogP contribution is 2.41. The van der Waals surface area contributed by atoms with Crippen LogP contribution < -0.4 is 5.73 Å². The molecule has 4 heteroatoms. The largest absolute Gasteiger partial charge is 0.328 e. The molecule has 2 saturated heterocycles. The van der Waals surface area contributed by atoms with E-state index in [-0.39, 0.29) is 17.6 Å². The fourth-order valence-electron chi connectivity index (χ4n) is 3.95. The van der Waals surface area contributed by atoms with Crippen LogP contribution >= 0.6 is 0 Å². The number of benzene rings is 1. The molecule has 0 spiro atoms. The van der Waals surface area contributed by atoms with Crippen molar-refractivity contribution >= 4 is 0 Å². The number of hydrogen-bond acceptors (Lipinski definition) is 2. The highest BCUT2D eigenvalue weighted by atomic mass is 19.1. The molecule has 2 fully saturated rings. The molecular weight excluding hydrogens is 246 g/mol. The van der Waals surface area contributed by atoms with Crippen molar-refractivity contribution in [3.63, 3.8) is 0 Å². The molecule has 3 unspecified atom stereocenters. The van der Waals surface area contributed by atoms with E-state index in [0.29, 0.717) is 12.1 Å². The molecule has 19 heavy (non-hydrogen) atoms. The topological polar surface area (TPSA) is 29.3 Å². The van der Waals surface area contributed by atoms with Crippen LogP contribution in [0, 0.1) is 11.6 Å². The molecular formula is C15H20F2N2. The summed E-state index contributed by atoms with van der Waals surface area (Å²) in [5.41, 5.74) is 6.25. The third-order valence-corrected chi connectivity index (χ3v) is 4.69. The number of halogens is 2. The standard InChI is InChI=1S/C15H20F2N2/c1-9(15-13(16)3-2-4-14(15)17)19-11-5-6-12(19)8-10(18)7-11/h2-4,9-12H,5-8,18H2,1H3. The molecule has 2 aliphatic rings. The number of rotatable bonds is 2. The minimum absolute atomic E-state index is 0.204. The highest BCUT2D eigenvalue weighted by Gasteiger charge is 2.43. The monoisotopic (exact) mass is 266 g/mol. The fraction of sp³-hybridized carbons (Fsp3) is 0.600. The molecule has 2 aliphatic heterocycles. The van der Waals surface area contributed by atoms with E-state index in [1.54, 1.807) is 0 Å². The quantitative estimate of drug-likeness (QED) is 0.891. The van der Waals surface area contributed by atoms with E-state index < -0.39 is 11.6 Å². The Kier molecular flexibility index (Phi) is 3.31. The molecule has 0 aliphatic carbocycles. The molecule has 0 saturated carbocycles. The second-order valence-corrected chi connectivity index (χ2v) is 5.88. The third kappa shape index (κ3) is 2.17. The summed E-state index contributed by atoms with van der Waals surface area (Å²) in [6.07, 6.45) is 4.07. The van der Waals surface area contributed by atoms with Gasteiger partial charge in [-0.1, -0.05) is 6.07 Å². The Morgan fingerprint density at radius 2 is 1.68 bits per heavy atom. The zero-order chi connectivity index (χ0) is 13.6. The summed E-state index contributed by atoms with van der Waals surface area (Å²) in [6, 6.07) is 4.88. The molecule has 0 amide bonds. The van der Waals surface area contributed by atoms with E-state index in [9.17, 15) is 8.78 Å². The van der Waals surface area contributed by atoms with Crippen LogP contribution in [0.25, 0.3) is 0 Å². The van der Waals surface area contributed by atoms with Gasteiger partial charge in [-0.15, -0.1) is 0 Å². The van der Waals surface area contributed by atoms with Crippen LogP contribution in [0.15, 0.2) is 18.2 Å². The average molecular weight is 266 g/mol. The molecule has 3 atom stereocenters. The average Bonchev–Trinajstić information content (AvgIpc) is 2.61. The minimum atomic E-state index is -0.443. The van der Waals surface area contributed by atoms with Crippen molar-refractivity contribution in [1.29, 1.82) is 0 Å². The van der Waals surface area contributed by atoms with Gasteiger partial charge in [0.25, 0.3) is 0 Å². The first kappa shape index (κ1) is 13.0. The van der Waals surface area contributed by atoms with Crippen LogP contribution in [-0.2, 0) is 0 Å². The maximum atomic E-state index is 13.9. The smallest absolute Gasteiger partial charge is 0.130 e. The first-order valence-electron chi connectivity index (χ1n) is 7.05. The second kappa shape index (κ2) is 4.84. The number of fused-ring (bicyclic) bond motifs is 2. The number of nitrogens with two attached hydrogens (primary N) is 1. The van der Waals surface area contributed by atoms with Gasteiger partial charge in [-0.25, -0.2) is 8.78 Å². The van der Waals surface area contributed by atoms with Gasteiger partial charge in [-0.05, 0) is 44.7 Å². The fourth-order valence-corrected chi connectivity index (χ4v) is 3.95. The number of piperidine rings is 1. The Bertz CT molecular complexity index is 443. The number of nitrogens with zero attached hydrogens (tertiary/aromatic N) is 1. The van der Waals surface area contributed by atoms with Gasteiger partial charge >= 0.3 is 0 Å². The molecule has 2 nitrogen and oxygen atoms in total. The second-order valence-electron chi connectivity index (χ2n) is 5.88. The summed E-state index contributed by atoms with van der Waals surface area (Å²) < 4.78 is 27.8. The van der Waals surface area contributed by atoms with Crippen LogP contribution in [0.1, 0.15) is 44.2 Å². The minimum Gasteiger partial charge on any atom is -0.328 e. The predicted octanol–water partition coefficient (Wildman–Crippen LogP) is 2.98. The lowest BCUT2D eigenvalue weighted by atomic mass is 9.94. The molecule has 104 valence electrons. The Labute approximate surface area is 112 Å². The van der Waals surface area contributed by atoms with Crippen molar-refractivity contribution in [3.8, 4) is 0 Å². The molecule has 2 bridgehead atoms. The maximum absolute atomic E-state index is 13.9. The first-order valence-corrected chi connectivity index (χ1v) is 7.05. The Balaban J connectivity index is 1.91. The summed E-state index contributed by atoms with van der Waals surface area (Å²) in [7, 11) is 0. The molecule has 3 rings (SSSR count). The first-order chi connectivity index (χ1) is 9.08. The van der Waals surface area contributed by atoms with Crippen LogP contribution in [0.4, 0.5) is 8.78 Å². The van der Waals surface area contributed by atoms with Crippen molar-refractivity contribution in [3.05, 3.63) is 35.4 Å². The lowest BCUT2D eigenvalue weighted by Gasteiger charge is -2.41. The Hall–Kier alpha value is -1.00. The highest BCUT2D eigenvalue weighted by molar-refractivity contribution is 5.24. The SMILES string of the molecule is CC(c1c(F)cccc1F)N1C2CCC1CC(N)C2. The summed E-state index contributed by atoms with van der Waals surface area (Å²) in [4.78, 5) is 2.28. The van der Waals surface area contributed by atoms with Crippen LogP contribution in [0.3, 0.4) is 0 Å². The van der Waals surface area contributed by atoms with Gasteiger partial charge in [0.1, 0.15) is 11.6 Å². The van der Waals surface area contributed by atoms with Crippen molar-refractivity contribution in [2.24, 2.45) is 5.73 Å². The van der Waals surface area contributed by atoms with Crippen molar-refractivity contribution in [2.45, 2.75) is 56.8 Å². The van der Waals surface area contributed by atoms with Gasteiger partial charge < -0.3 is 5.73 Å². The zero-order valence-electron chi connectivity index (χ0n) is 11.2. The van der Waals surface area contributed by atoms with E-state index in [1.807, 2.05) is 6.92 Å².